The van der Waals surface area contributed by atoms with Crippen LogP contribution in [0, 0.1) is 0 Å². The van der Waals surface area contributed by atoms with Gasteiger partial charge in [-0.05, 0) is 6.42 Å². The molecule has 102 valence electrons. The van der Waals surface area contributed by atoms with Crippen molar-refractivity contribution >= 4 is 11.9 Å². The van der Waals surface area contributed by atoms with Crippen molar-refractivity contribution in [2.45, 2.75) is 25.6 Å². The van der Waals surface area contributed by atoms with Crippen LogP contribution in [0.1, 0.15) is 19.8 Å². The minimum atomic E-state index is -1.06. The second-order valence-electron chi connectivity index (χ2n) is 3.98. The number of hydrogen-bond donors (Lipinski definition) is 0. The van der Waals surface area contributed by atoms with Crippen LogP contribution in [0.2, 0.25) is 0 Å². The molecule has 0 aliphatic carbocycles. The summed E-state index contributed by atoms with van der Waals surface area (Å²) in [4.78, 5) is 22.3. The van der Waals surface area contributed by atoms with E-state index < -0.39 is 17.7 Å². The summed E-state index contributed by atoms with van der Waals surface area (Å²) in [7, 11) is 0. The van der Waals surface area contributed by atoms with Gasteiger partial charge in [0.1, 0.15) is 13.2 Å². The van der Waals surface area contributed by atoms with E-state index >= 15 is 0 Å². The van der Waals surface area contributed by atoms with E-state index in [2.05, 4.69) is 11.3 Å². The molecule has 0 amide bonds. The predicted octanol–water partition coefficient (Wildman–Crippen LogP) is 0.802. The van der Waals surface area contributed by atoms with Crippen LogP contribution >= 0.6 is 0 Å². The van der Waals surface area contributed by atoms with Gasteiger partial charge in [0.05, 0.1) is 13.0 Å². The van der Waals surface area contributed by atoms with Crippen molar-refractivity contribution in [2.75, 3.05) is 26.4 Å². The predicted molar refractivity (Wildman–Crippen MR) is 61.7 cm³/mol. The van der Waals surface area contributed by atoms with Gasteiger partial charge in [-0.15, -0.1) is 0 Å². The molecule has 0 spiro atoms. The van der Waals surface area contributed by atoms with E-state index in [1.165, 1.54) is 0 Å². The SMILES string of the molecule is C=CC(=O)OCCC(=O)OC1(C)COCCCO1. The maximum atomic E-state index is 11.5. The fourth-order valence-electron chi connectivity index (χ4n) is 1.39. The summed E-state index contributed by atoms with van der Waals surface area (Å²) in [5, 5.41) is 0. The van der Waals surface area contributed by atoms with Crippen LogP contribution < -0.4 is 0 Å². The second-order valence-corrected chi connectivity index (χ2v) is 3.98. The molecule has 6 heteroatoms. The molecule has 0 radical (unpaired) electrons. The summed E-state index contributed by atoms with van der Waals surface area (Å²) >= 11 is 0. The van der Waals surface area contributed by atoms with Crippen molar-refractivity contribution in [3.63, 3.8) is 0 Å². The summed E-state index contributed by atoms with van der Waals surface area (Å²) in [5.74, 6) is -2.13. The third-order valence-electron chi connectivity index (χ3n) is 2.25. The molecule has 0 N–H and O–H groups in total. The van der Waals surface area contributed by atoms with Gasteiger partial charge in [0.25, 0.3) is 0 Å². The first-order chi connectivity index (χ1) is 8.56. The van der Waals surface area contributed by atoms with Gasteiger partial charge >= 0.3 is 11.9 Å². The van der Waals surface area contributed by atoms with E-state index in [1.807, 2.05) is 0 Å². The van der Waals surface area contributed by atoms with E-state index in [0.717, 1.165) is 12.5 Å². The first kappa shape index (κ1) is 14.7. The lowest BCUT2D eigenvalue weighted by atomic mass is 10.3. The highest BCUT2D eigenvalue weighted by atomic mass is 16.7. The molecule has 0 aromatic carbocycles. The van der Waals surface area contributed by atoms with Gasteiger partial charge in [-0.3, -0.25) is 4.79 Å². The fraction of sp³-hybridized carbons (Fsp3) is 0.667. The maximum absolute atomic E-state index is 11.5. The normalized spacial score (nSPS) is 23.8. The quantitative estimate of drug-likeness (QED) is 0.536. The molecule has 1 fully saturated rings. The number of ether oxygens (including phenoxy) is 4. The van der Waals surface area contributed by atoms with Gasteiger partial charge in [0, 0.05) is 19.6 Å². The van der Waals surface area contributed by atoms with Crippen molar-refractivity contribution in [1.82, 2.24) is 0 Å². The van der Waals surface area contributed by atoms with Crippen molar-refractivity contribution in [2.24, 2.45) is 0 Å². The molecule has 1 heterocycles. The molecule has 1 aliphatic heterocycles. The van der Waals surface area contributed by atoms with Crippen LogP contribution in [0.15, 0.2) is 12.7 Å². The third-order valence-corrected chi connectivity index (χ3v) is 2.25. The highest BCUT2D eigenvalue weighted by molar-refractivity contribution is 5.81. The topological polar surface area (TPSA) is 71.1 Å². The minimum Gasteiger partial charge on any atom is -0.462 e. The van der Waals surface area contributed by atoms with E-state index in [4.69, 9.17) is 14.2 Å². The van der Waals surface area contributed by atoms with Gasteiger partial charge in [0.2, 0.25) is 5.79 Å². The van der Waals surface area contributed by atoms with Crippen molar-refractivity contribution in [3.8, 4) is 0 Å². The molecule has 0 saturated carbocycles. The van der Waals surface area contributed by atoms with E-state index in [9.17, 15) is 9.59 Å². The molecule has 0 bridgehead atoms. The van der Waals surface area contributed by atoms with Gasteiger partial charge in [-0.2, -0.15) is 0 Å². The number of esters is 2. The van der Waals surface area contributed by atoms with Gasteiger partial charge in [-0.25, -0.2) is 4.79 Å². The largest absolute Gasteiger partial charge is 0.462 e. The van der Waals surface area contributed by atoms with Crippen LogP contribution in [0.5, 0.6) is 0 Å². The number of hydrogen-bond acceptors (Lipinski definition) is 6. The Balaban J connectivity index is 2.29. The molecule has 1 atom stereocenters. The Bertz CT molecular complexity index is 304. The molecule has 0 aromatic rings. The van der Waals surface area contributed by atoms with E-state index in [1.54, 1.807) is 6.92 Å². The van der Waals surface area contributed by atoms with Crippen molar-refractivity contribution in [1.29, 1.82) is 0 Å². The lowest BCUT2D eigenvalue weighted by molar-refractivity contribution is -0.232. The Morgan fingerprint density at radius 1 is 1.44 bits per heavy atom. The molecular formula is C12H18O6. The monoisotopic (exact) mass is 258 g/mol. The molecule has 18 heavy (non-hydrogen) atoms. The Labute approximate surface area is 106 Å². The first-order valence-electron chi connectivity index (χ1n) is 5.78. The summed E-state index contributed by atoms with van der Waals surface area (Å²) in [6.45, 7) is 6.12. The fourth-order valence-corrected chi connectivity index (χ4v) is 1.39. The van der Waals surface area contributed by atoms with Crippen LogP contribution in [0.25, 0.3) is 0 Å². The summed E-state index contributed by atoms with van der Waals surface area (Å²) in [6.07, 6.45) is 1.78. The highest BCUT2D eigenvalue weighted by Gasteiger charge is 2.31. The van der Waals surface area contributed by atoms with Crippen LogP contribution in [-0.2, 0) is 28.5 Å². The Morgan fingerprint density at radius 3 is 2.94 bits per heavy atom. The van der Waals surface area contributed by atoms with Gasteiger partial charge in [-0.1, -0.05) is 6.58 Å². The molecule has 1 aliphatic rings. The standard InChI is InChI=1S/C12H18O6/c1-3-10(13)16-8-5-11(14)18-12(2)9-15-6-4-7-17-12/h3H,1,4-9H2,2H3. The van der Waals surface area contributed by atoms with Crippen molar-refractivity contribution in [3.05, 3.63) is 12.7 Å². The Hall–Kier alpha value is -1.40. The third kappa shape index (κ3) is 5.29. The zero-order valence-electron chi connectivity index (χ0n) is 10.5. The van der Waals surface area contributed by atoms with Crippen LogP contribution in [-0.4, -0.2) is 44.2 Å². The average molecular weight is 258 g/mol. The van der Waals surface area contributed by atoms with E-state index in [-0.39, 0.29) is 19.6 Å². The maximum Gasteiger partial charge on any atom is 0.330 e. The summed E-state index contributed by atoms with van der Waals surface area (Å²) in [6, 6.07) is 0. The number of carbonyl (C=O) groups excluding carboxylic acids is 2. The van der Waals surface area contributed by atoms with Crippen LogP contribution in [0.4, 0.5) is 0 Å². The van der Waals surface area contributed by atoms with Gasteiger partial charge in [0.15, 0.2) is 0 Å². The average Bonchev–Trinajstić information content (AvgIpc) is 2.53. The number of carbonyl (C=O) groups is 2. The van der Waals surface area contributed by atoms with Gasteiger partial charge < -0.3 is 18.9 Å². The Kier molecular flexibility index (Phi) is 5.80. The molecule has 1 rings (SSSR count). The first-order valence-corrected chi connectivity index (χ1v) is 5.78. The Morgan fingerprint density at radius 2 is 2.22 bits per heavy atom. The lowest BCUT2D eigenvalue weighted by Gasteiger charge is -2.27. The molecule has 1 unspecified atom stereocenters. The molecule has 1 saturated heterocycles. The lowest BCUT2D eigenvalue weighted by Crippen LogP contribution is -2.38. The zero-order valence-corrected chi connectivity index (χ0v) is 10.5. The molecule has 6 nitrogen and oxygen atoms in total. The minimum absolute atomic E-state index is 0.0292. The van der Waals surface area contributed by atoms with E-state index in [0.29, 0.717) is 13.2 Å². The smallest absolute Gasteiger partial charge is 0.330 e. The highest BCUT2D eigenvalue weighted by Crippen LogP contribution is 2.17. The van der Waals surface area contributed by atoms with Crippen molar-refractivity contribution < 1.29 is 28.5 Å². The summed E-state index contributed by atoms with van der Waals surface area (Å²) < 4.78 is 20.5. The zero-order chi connectivity index (χ0) is 13.4. The molecule has 0 aromatic heterocycles. The molecular weight excluding hydrogens is 240 g/mol. The second kappa shape index (κ2) is 7.13. The van der Waals surface area contributed by atoms with Crippen LogP contribution in [0.3, 0.4) is 0 Å². The number of rotatable bonds is 5. The summed E-state index contributed by atoms with van der Waals surface area (Å²) in [5.41, 5.74) is 0.